The number of urea groups is 1. The molecule has 10 heteroatoms. The standard InChI is InChI=1S/C15H20N6O4/c1-20(2)15(23)17-13-8-21(19-18-13)9-14(22)16-11-6-5-10(24-3)7-12(11)25-4/h5-8H,9H2,1-4H3,(H,16,22)(H,17,23). The SMILES string of the molecule is COc1ccc(NC(=O)Cn2cc(NC(=O)N(C)C)nn2)c(OC)c1. The first-order chi connectivity index (χ1) is 11.9. The molecule has 1 aromatic carbocycles. The van der Waals surface area contributed by atoms with Gasteiger partial charge in [0.25, 0.3) is 0 Å². The number of carbonyl (C=O) groups excluding carboxylic acids is 2. The highest BCUT2D eigenvalue weighted by Crippen LogP contribution is 2.28. The fraction of sp³-hybridized carbons (Fsp3) is 0.333. The summed E-state index contributed by atoms with van der Waals surface area (Å²) in [5.41, 5.74) is 0.509. The first-order valence-corrected chi connectivity index (χ1v) is 7.33. The van der Waals surface area contributed by atoms with Crippen molar-refractivity contribution in [1.29, 1.82) is 0 Å². The van der Waals surface area contributed by atoms with Crippen LogP contribution in [-0.2, 0) is 11.3 Å². The molecule has 0 saturated carbocycles. The van der Waals surface area contributed by atoms with Crippen LogP contribution in [0.4, 0.5) is 16.3 Å². The van der Waals surface area contributed by atoms with Gasteiger partial charge in [-0.25, -0.2) is 9.48 Å². The van der Waals surface area contributed by atoms with Gasteiger partial charge in [0.2, 0.25) is 5.91 Å². The van der Waals surface area contributed by atoms with Crippen molar-refractivity contribution in [3.05, 3.63) is 24.4 Å². The zero-order valence-electron chi connectivity index (χ0n) is 14.4. The first kappa shape index (κ1) is 18.0. The smallest absolute Gasteiger partial charge is 0.322 e. The predicted octanol–water partition coefficient (Wildman–Crippen LogP) is 1.03. The van der Waals surface area contributed by atoms with E-state index in [4.69, 9.17) is 9.47 Å². The van der Waals surface area contributed by atoms with Gasteiger partial charge in [0.1, 0.15) is 18.0 Å². The second kappa shape index (κ2) is 7.99. The highest BCUT2D eigenvalue weighted by Gasteiger charge is 2.12. The van der Waals surface area contributed by atoms with Crippen LogP contribution in [0, 0.1) is 0 Å². The molecule has 0 radical (unpaired) electrons. The minimum absolute atomic E-state index is 0.0694. The zero-order valence-corrected chi connectivity index (χ0v) is 14.4. The van der Waals surface area contributed by atoms with Crippen LogP contribution in [0.2, 0.25) is 0 Å². The largest absolute Gasteiger partial charge is 0.497 e. The van der Waals surface area contributed by atoms with Crippen molar-refractivity contribution in [2.45, 2.75) is 6.54 Å². The normalized spacial score (nSPS) is 10.1. The summed E-state index contributed by atoms with van der Waals surface area (Å²) in [6, 6.07) is 4.72. The highest BCUT2D eigenvalue weighted by atomic mass is 16.5. The average Bonchev–Trinajstić information content (AvgIpc) is 3.01. The van der Waals surface area contributed by atoms with Crippen molar-refractivity contribution >= 4 is 23.4 Å². The van der Waals surface area contributed by atoms with Crippen LogP contribution in [0.1, 0.15) is 0 Å². The maximum absolute atomic E-state index is 12.2. The molecule has 2 aromatic rings. The number of benzene rings is 1. The summed E-state index contributed by atoms with van der Waals surface area (Å²) in [6.07, 6.45) is 1.46. The Hall–Kier alpha value is -3.30. The van der Waals surface area contributed by atoms with Crippen molar-refractivity contribution < 1.29 is 19.1 Å². The third-order valence-corrected chi connectivity index (χ3v) is 3.17. The fourth-order valence-electron chi connectivity index (χ4n) is 1.89. The lowest BCUT2D eigenvalue weighted by molar-refractivity contribution is -0.116. The Balaban J connectivity index is 1.99. The van der Waals surface area contributed by atoms with Crippen LogP contribution in [-0.4, -0.2) is 60.1 Å². The van der Waals surface area contributed by atoms with E-state index in [9.17, 15) is 9.59 Å². The Bertz CT molecular complexity index is 758. The van der Waals surface area contributed by atoms with E-state index in [1.165, 1.54) is 22.9 Å². The molecule has 0 aliphatic carbocycles. The van der Waals surface area contributed by atoms with Gasteiger partial charge in [-0.3, -0.25) is 10.1 Å². The number of amides is 3. The fourth-order valence-corrected chi connectivity index (χ4v) is 1.89. The molecule has 0 aliphatic heterocycles. The number of nitrogens with zero attached hydrogens (tertiary/aromatic N) is 4. The molecular weight excluding hydrogens is 328 g/mol. The Morgan fingerprint density at radius 3 is 2.60 bits per heavy atom. The minimum Gasteiger partial charge on any atom is -0.497 e. The third-order valence-electron chi connectivity index (χ3n) is 3.17. The molecule has 3 amide bonds. The molecule has 25 heavy (non-hydrogen) atoms. The highest BCUT2D eigenvalue weighted by molar-refractivity contribution is 5.92. The number of methoxy groups -OCH3 is 2. The lowest BCUT2D eigenvalue weighted by Crippen LogP contribution is -2.27. The Morgan fingerprint density at radius 1 is 1.20 bits per heavy atom. The number of nitrogens with one attached hydrogen (secondary N) is 2. The number of rotatable bonds is 6. The van der Waals surface area contributed by atoms with E-state index in [0.717, 1.165) is 0 Å². The maximum atomic E-state index is 12.2. The summed E-state index contributed by atoms with van der Waals surface area (Å²) in [7, 11) is 6.26. The van der Waals surface area contributed by atoms with Crippen molar-refractivity contribution in [2.75, 3.05) is 38.9 Å². The summed E-state index contributed by atoms with van der Waals surface area (Å²) in [4.78, 5) is 25.1. The maximum Gasteiger partial charge on any atom is 0.322 e. The molecule has 0 atom stereocenters. The van der Waals surface area contributed by atoms with Crippen LogP contribution in [0.5, 0.6) is 11.5 Å². The second-order valence-corrected chi connectivity index (χ2v) is 5.24. The van der Waals surface area contributed by atoms with Gasteiger partial charge < -0.3 is 19.7 Å². The van der Waals surface area contributed by atoms with Gasteiger partial charge in [0.15, 0.2) is 5.82 Å². The van der Waals surface area contributed by atoms with E-state index in [1.54, 1.807) is 39.4 Å². The lowest BCUT2D eigenvalue weighted by atomic mass is 10.2. The molecular formula is C15H20N6O4. The molecule has 2 rings (SSSR count). The van der Waals surface area contributed by atoms with Gasteiger partial charge >= 0.3 is 6.03 Å². The molecule has 0 bridgehead atoms. The topological polar surface area (TPSA) is 111 Å². The van der Waals surface area contributed by atoms with Crippen LogP contribution < -0.4 is 20.1 Å². The van der Waals surface area contributed by atoms with Gasteiger partial charge in [-0.15, -0.1) is 5.10 Å². The van der Waals surface area contributed by atoms with Gasteiger partial charge in [-0.05, 0) is 12.1 Å². The van der Waals surface area contributed by atoms with Crippen LogP contribution >= 0.6 is 0 Å². The van der Waals surface area contributed by atoms with Crippen LogP contribution in [0.15, 0.2) is 24.4 Å². The molecule has 0 unspecified atom stereocenters. The number of ether oxygens (including phenoxy) is 2. The second-order valence-electron chi connectivity index (χ2n) is 5.24. The van der Waals surface area contributed by atoms with Gasteiger partial charge in [-0.2, -0.15) is 0 Å². The summed E-state index contributed by atoms with van der Waals surface area (Å²) < 4.78 is 11.7. The summed E-state index contributed by atoms with van der Waals surface area (Å²) >= 11 is 0. The van der Waals surface area contributed by atoms with Gasteiger partial charge in [-0.1, -0.05) is 5.21 Å². The minimum atomic E-state index is -0.334. The molecule has 0 saturated heterocycles. The van der Waals surface area contributed by atoms with E-state index in [0.29, 0.717) is 17.2 Å². The van der Waals surface area contributed by atoms with Gasteiger partial charge in [0.05, 0.1) is 26.1 Å². The van der Waals surface area contributed by atoms with Crippen LogP contribution in [0.25, 0.3) is 0 Å². The molecule has 2 N–H and O–H groups in total. The molecule has 1 heterocycles. The Labute approximate surface area is 144 Å². The Kier molecular flexibility index (Phi) is 5.77. The summed E-state index contributed by atoms with van der Waals surface area (Å²) in [5, 5.41) is 12.9. The van der Waals surface area contributed by atoms with Crippen molar-refractivity contribution in [3.63, 3.8) is 0 Å². The van der Waals surface area contributed by atoms with E-state index in [2.05, 4.69) is 20.9 Å². The van der Waals surface area contributed by atoms with E-state index in [-0.39, 0.29) is 24.3 Å². The number of anilines is 2. The number of carbonyl (C=O) groups is 2. The van der Waals surface area contributed by atoms with E-state index < -0.39 is 0 Å². The number of hydrogen-bond donors (Lipinski definition) is 2. The third kappa shape index (κ3) is 4.83. The molecule has 0 aliphatic rings. The Morgan fingerprint density at radius 2 is 1.96 bits per heavy atom. The molecule has 0 spiro atoms. The molecule has 1 aromatic heterocycles. The molecule has 134 valence electrons. The van der Waals surface area contributed by atoms with Gasteiger partial charge in [0, 0.05) is 20.2 Å². The monoisotopic (exact) mass is 348 g/mol. The predicted molar refractivity (Wildman–Crippen MR) is 90.9 cm³/mol. The number of hydrogen-bond acceptors (Lipinski definition) is 6. The first-order valence-electron chi connectivity index (χ1n) is 7.33. The van der Waals surface area contributed by atoms with Crippen molar-refractivity contribution in [3.8, 4) is 11.5 Å². The summed E-state index contributed by atoms with van der Waals surface area (Å²) in [5.74, 6) is 1.03. The van der Waals surface area contributed by atoms with E-state index in [1.807, 2.05) is 0 Å². The average molecular weight is 348 g/mol. The summed E-state index contributed by atoms with van der Waals surface area (Å²) in [6.45, 7) is -0.0694. The van der Waals surface area contributed by atoms with Crippen LogP contribution in [0.3, 0.4) is 0 Å². The van der Waals surface area contributed by atoms with E-state index >= 15 is 0 Å². The molecule has 10 nitrogen and oxygen atoms in total. The van der Waals surface area contributed by atoms with Crippen molar-refractivity contribution in [2.24, 2.45) is 0 Å². The zero-order chi connectivity index (χ0) is 18.4. The van der Waals surface area contributed by atoms with Crippen molar-refractivity contribution in [1.82, 2.24) is 19.9 Å². The molecule has 0 fully saturated rings. The number of aromatic nitrogens is 3. The lowest BCUT2D eigenvalue weighted by Gasteiger charge is -2.11. The quantitative estimate of drug-likeness (QED) is 0.807.